The van der Waals surface area contributed by atoms with Crippen LogP contribution in [-0.4, -0.2) is 18.9 Å². The fraction of sp³-hybridized carbons (Fsp3) is 0.400. The van der Waals surface area contributed by atoms with Gasteiger partial charge in [0.05, 0.1) is 12.7 Å². The number of esters is 1. The fourth-order valence-electron chi connectivity index (χ4n) is 5.70. The van der Waals surface area contributed by atoms with Crippen LogP contribution in [0.5, 0.6) is 5.75 Å². The second-order valence-electron chi connectivity index (χ2n) is 10.7. The summed E-state index contributed by atoms with van der Waals surface area (Å²) in [7, 11) is 1.38. The second-order valence-corrected chi connectivity index (χ2v) is 11.1. The van der Waals surface area contributed by atoms with Crippen molar-refractivity contribution in [3.05, 3.63) is 85.7 Å². The molecule has 0 radical (unpaired) electrons. The molecule has 1 aliphatic carbocycles. The van der Waals surface area contributed by atoms with E-state index >= 15 is 0 Å². The highest BCUT2D eigenvalue weighted by Crippen LogP contribution is 2.48. The van der Waals surface area contributed by atoms with Crippen molar-refractivity contribution in [2.75, 3.05) is 7.11 Å². The van der Waals surface area contributed by atoms with Crippen molar-refractivity contribution in [3.63, 3.8) is 0 Å². The molecular formula is C30H34ClNO4. The number of ether oxygens (including phenoxy) is 2. The van der Waals surface area contributed by atoms with Crippen LogP contribution in [0.3, 0.4) is 0 Å². The van der Waals surface area contributed by atoms with Crippen LogP contribution >= 0.6 is 11.6 Å². The molecule has 0 bridgehead atoms. The number of hydrogen-bond acceptors (Lipinski definition) is 5. The third kappa shape index (κ3) is 4.81. The zero-order valence-corrected chi connectivity index (χ0v) is 22.9. The Morgan fingerprint density at radius 2 is 1.75 bits per heavy atom. The van der Waals surface area contributed by atoms with Gasteiger partial charge in [0.1, 0.15) is 12.4 Å². The van der Waals surface area contributed by atoms with E-state index in [1.165, 1.54) is 7.11 Å². The highest BCUT2D eigenvalue weighted by Gasteiger charge is 2.44. The minimum Gasteiger partial charge on any atom is -0.489 e. The van der Waals surface area contributed by atoms with E-state index in [0.717, 1.165) is 51.4 Å². The summed E-state index contributed by atoms with van der Waals surface area (Å²) in [4.78, 5) is 26.7. The van der Waals surface area contributed by atoms with Gasteiger partial charge in [0, 0.05) is 34.3 Å². The molecule has 0 unspecified atom stereocenters. The summed E-state index contributed by atoms with van der Waals surface area (Å²) in [6.07, 6.45) is 1.18. The summed E-state index contributed by atoms with van der Waals surface area (Å²) in [5, 5.41) is 4.04. The van der Waals surface area contributed by atoms with E-state index in [1.807, 2.05) is 26.0 Å². The van der Waals surface area contributed by atoms with Crippen LogP contribution in [0.1, 0.15) is 67.3 Å². The number of methoxy groups -OCH3 is 1. The van der Waals surface area contributed by atoms with Crippen LogP contribution in [0.2, 0.25) is 5.02 Å². The molecule has 1 atom stereocenters. The molecule has 2 aromatic carbocycles. The van der Waals surface area contributed by atoms with E-state index in [0.29, 0.717) is 29.2 Å². The van der Waals surface area contributed by atoms with Crippen molar-refractivity contribution in [1.82, 2.24) is 5.32 Å². The van der Waals surface area contributed by atoms with Gasteiger partial charge in [-0.25, -0.2) is 4.79 Å². The molecule has 0 saturated heterocycles. The topological polar surface area (TPSA) is 64.6 Å². The maximum absolute atomic E-state index is 13.6. The Morgan fingerprint density at radius 3 is 2.39 bits per heavy atom. The Balaban J connectivity index is 1.86. The van der Waals surface area contributed by atoms with E-state index < -0.39 is 11.9 Å². The highest BCUT2D eigenvalue weighted by molar-refractivity contribution is 6.30. The molecule has 1 N–H and O–H groups in total. The monoisotopic (exact) mass is 507 g/mol. The van der Waals surface area contributed by atoms with Gasteiger partial charge < -0.3 is 14.8 Å². The number of halogens is 1. The first kappa shape index (κ1) is 26.0. The Labute approximate surface area is 218 Å². The number of benzene rings is 2. The first-order valence-corrected chi connectivity index (χ1v) is 12.6. The lowest BCUT2D eigenvalue weighted by atomic mass is 9.67. The minimum absolute atomic E-state index is 0.0750. The number of allylic oxidation sites excluding steroid dienone is 3. The Morgan fingerprint density at radius 1 is 1.08 bits per heavy atom. The van der Waals surface area contributed by atoms with Crippen LogP contribution in [0, 0.1) is 26.2 Å². The Hall–Kier alpha value is -3.05. The van der Waals surface area contributed by atoms with Crippen molar-refractivity contribution in [3.8, 4) is 5.75 Å². The normalized spacial score (nSPS) is 19.1. The lowest BCUT2D eigenvalue weighted by molar-refractivity contribution is -0.136. The lowest BCUT2D eigenvalue weighted by Gasteiger charge is -2.40. The van der Waals surface area contributed by atoms with Crippen LogP contribution in [0.4, 0.5) is 0 Å². The highest BCUT2D eigenvalue weighted by atomic mass is 35.5. The van der Waals surface area contributed by atoms with Gasteiger partial charge in [-0.15, -0.1) is 0 Å². The number of Topliss-reactive ketones (excluding diaryl/α,β-unsaturated/α-hetero) is 1. The van der Waals surface area contributed by atoms with Crippen LogP contribution in [0.15, 0.2) is 52.9 Å². The molecule has 36 heavy (non-hydrogen) atoms. The molecular weight excluding hydrogens is 474 g/mol. The molecule has 2 aliphatic rings. The predicted molar refractivity (Wildman–Crippen MR) is 142 cm³/mol. The molecule has 5 nitrogen and oxygen atoms in total. The summed E-state index contributed by atoms with van der Waals surface area (Å²) >= 11 is 6.02. The minimum atomic E-state index is -0.493. The first-order valence-electron chi connectivity index (χ1n) is 12.2. The average molecular weight is 508 g/mol. The fourth-order valence-corrected chi connectivity index (χ4v) is 5.83. The molecule has 0 amide bonds. The van der Waals surface area contributed by atoms with Gasteiger partial charge in [0.2, 0.25) is 0 Å². The number of ketones is 1. The van der Waals surface area contributed by atoms with E-state index in [4.69, 9.17) is 21.1 Å². The molecule has 1 heterocycles. The number of hydrogen-bond donors (Lipinski definition) is 1. The van der Waals surface area contributed by atoms with E-state index in [9.17, 15) is 9.59 Å². The molecule has 0 spiro atoms. The quantitative estimate of drug-likeness (QED) is 0.460. The molecule has 0 fully saturated rings. The number of carbonyl (C=O) groups excluding carboxylic acids is 2. The SMILES string of the molecule is COC(=O)C1=C(C)NC2=C(C(=O)CC(C)(C)C2)[C@@H]1c1c(C)cc(C)c(COc2ccc(Cl)cc2)c1C. The second kappa shape index (κ2) is 9.78. The maximum Gasteiger partial charge on any atom is 0.336 e. The van der Waals surface area contributed by atoms with Crippen LogP contribution in [-0.2, 0) is 20.9 Å². The lowest BCUT2D eigenvalue weighted by Crippen LogP contribution is -2.39. The van der Waals surface area contributed by atoms with Gasteiger partial charge in [-0.1, -0.05) is 31.5 Å². The number of carbonyl (C=O) groups is 2. The molecule has 6 heteroatoms. The molecule has 0 aromatic heterocycles. The number of nitrogens with one attached hydrogen (secondary N) is 1. The molecule has 1 aliphatic heterocycles. The van der Waals surface area contributed by atoms with Gasteiger partial charge in [0.15, 0.2) is 5.78 Å². The largest absolute Gasteiger partial charge is 0.489 e. The van der Waals surface area contributed by atoms with Gasteiger partial charge >= 0.3 is 5.97 Å². The number of dihydropyridines is 1. The zero-order valence-electron chi connectivity index (χ0n) is 22.1. The van der Waals surface area contributed by atoms with Crippen molar-refractivity contribution in [2.45, 2.75) is 66.9 Å². The van der Waals surface area contributed by atoms with Crippen molar-refractivity contribution in [2.24, 2.45) is 5.41 Å². The summed E-state index contributed by atoms with van der Waals surface area (Å²) in [6.45, 7) is 12.6. The molecule has 0 saturated carbocycles. The summed E-state index contributed by atoms with van der Waals surface area (Å²) in [6, 6.07) is 9.40. The van der Waals surface area contributed by atoms with Gasteiger partial charge in [0.25, 0.3) is 0 Å². The van der Waals surface area contributed by atoms with Crippen LogP contribution < -0.4 is 10.1 Å². The summed E-state index contributed by atoms with van der Waals surface area (Å²) in [5.74, 6) is -0.117. The number of rotatable bonds is 5. The average Bonchev–Trinajstić information content (AvgIpc) is 2.78. The van der Waals surface area contributed by atoms with Gasteiger partial charge in [-0.2, -0.15) is 0 Å². The molecule has 4 rings (SSSR count). The van der Waals surface area contributed by atoms with Crippen molar-refractivity contribution < 1.29 is 19.1 Å². The van der Waals surface area contributed by atoms with E-state index in [2.05, 4.69) is 39.1 Å². The van der Waals surface area contributed by atoms with Crippen molar-refractivity contribution >= 4 is 23.4 Å². The smallest absolute Gasteiger partial charge is 0.336 e. The third-order valence-electron chi connectivity index (χ3n) is 7.32. The van der Waals surface area contributed by atoms with Crippen LogP contribution in [0.25, 0.3) is 0 Å². The van der Waals surface area contributed by atoms with Gasteiger partial charge in [-0.05, 0) is 91.6 Å². The first-order chi connectivity index (χ1) is 16.9. The van der Waals surface area contributed by atoms with E-state index in [-0.39, 0.29) is 11.2 Å². The Kier molecular flexibility index (Phi) is 7.07. The Bertz CT molecular complexity index is 1300. The number of aryl methyl sites for hydroxylation is 2. The van der Waals surface area contributed by atoms with E-state index in [1.54, 1.807) is 12.1 Å². The van der Waals surface area contributed by atoms with Crippen molar-refractivity contribution in [1.29, 1.82) is 0 Å². The summed E-state index contributed by atoms with van der Waals surface area (Å²) < 4.78 is 11.3. The predicted octanol–water partition coefficient (Wildman–Crippen LogP) is 6.62. The van der Waals surface area contributed by atoms with Gasteiger partial charge in [-0.3, -0.25) is 4.79 Å². The standard InChI is InChI=1S/C30H34ClNO4/c1-16-12-17(2)25(18(3)22(16)15-36-21-10-8-20(31)9-11-21)28-26(29(34)35-7)19(4)32-23-13-30(5,6)14-24(33)27(23)28/h8-12,28,32H,13-15H2,1-7H3/t28-/m1/s1. The third-order valence-corrected chi connectivity index (χ3v) is 7.57. The maximum atomic E-state index is 13.6. The zero-order chi connectivity index (χ0) is 26.4. The molecule has 2 aromatic rings. The summed E-state index contributed by atoms with van der Waals surface area (Å²) in [5.41, 5.74) is 7.82. The molecule has 190 valence electrons.